The zero-order valence-electron chi connectivity index (χ0n) is 15.9. The van der Waals surface area contributed by atoms with Crippen LogP contribution in [0.5, 0.6) is 0 Å². The first-order valence-electron chi connectivity index (χ1n) is 9.02. The van der Waals surface area contributed by atoms with Crippen molar-refractivity contribution in [3.05, 3.63) is 83.8 Å². The lowest BCUT2D eigenvalue weighted by molar-refractivity contribution is 0.0956. The zero-order valence-corrected chi connectivity index (χ0v) is 17.6. The Morgan fingerprint density at radius 2 is 1.90 bits per heavy atom. The topological polar surface area (TPSA) is 88.4 Å². The van der Waals surface area contributed by atoms with E-state index in [1.165, 1.54) is 12.1 Å². The van der Waals surface area contributed by atoms with Crippen molar-refractivity contribution in [2.75, 3.05) is 17.0 Å². The molecule has 0 saturated heterocycles. The molecular formula is C21H22N2O4S2. The number of nitrogens with one attached hydrogen (secondary N) is 2. The fourth-order valence-electron chi connectivity index (χ4n) is 2.60. The number of aryl methyl sites for hydroxylation is 1. The number of para-hydroxylation sites is 1. The molecule has 0 unspecified atom stereocenters. The molecule has 3 aromatic rings. The Hall–Kier alpha value is -2.71. The molecule has 0 fully saturated rings. The van der Waals surface area contributed by atoms with Crippen LogP contribution in [0.15, 0.2) is 76.2 Å². The summed E-state index contributed by atoms with van der Waals surface area (Å²) in [6, 6.07) is 16.9. The molecule has 0 aliphatic heterocycles. The van der Waals surface area contributed by atoms with Crippen molar-refractivity contribution in [1.29, 1.82) is 0 Å². The second-order valence-corrected chi connectivity index (χ2v) is 9.12. The molecule has 0 atom stereocenters. The molecule has 2 N–H and O–H groups in total. The van der Waals surface area contributed by atoms with E-state index in [-0.39, 0.29) is 10.8 Å². The molecule has 0 bridgehead atoms. The molecule has 1 heterocycles. The largest absolute Gasteiger partial charge is 0.468 e. The quantitative estimate of drug-likeness (QED) is 0.500. The van der Waals surface area contributed by atoms with Gasteiger partial charge >= 0.3 is 0 Å². The third-order valence-electron chi connectivity index (χ3n) is 4.15. The van der Waals surface area contributed by atoms with Gasteiger partial charge in [0.05, 0.1) is 22.6 Å². The van der Waals surface area contributed by atoms with Gasteiger partial charge in [0.2, 0.25) is 0 Å². The number of hydrogen-bond acceptors (Lipinski definition) is 5. The molecule has 0 spiro atoms. The standard InChI is InChI=1S/C21H22N2O4S2/c1-16-6-2-3-10-20(16)23-29(25,26)19-9-4-7-17(14-19)21(24)22-11-13-28-15-18-8-5-12-27-18/h2-10,12,14,23H,11,13,15H2,1H3,(H,22,24). The molecule has 29 heavy (non-hydrogen) atoms. The third-order valence-corrected chi connectivity index (χ3v) is 6.50. The fourth-order valence-corrected chi connectivity index (χ4v) is 4.53. The van der Waals surface area contributed by atoms with Crippen LogP contribution in [0.1, 0.15) is 21.7 Å². The van der Waals surface area contributed by atoms with E-state index in [1.54, 1.807) is 42.3 Å². The maximum atomic E-state index is 12.7. The van der Waals surface area contributed by atoms with Crippen molar-refractivity contribution in [2.45, 2.75) is 17.6 Å². The van der Waals surface area contributed by atoms with E-state index in [0.29, 0.717) is 17.8 Å². The van der Waals surface area contributed by atoms with Crippen molar-refractivity contribution in [2.24, 2.45) is 0 Å². The number of benzene rings is 2. The van der Waals surface area contributed by atoms with Crippen molar-refractivity contribution < 1.29 is 17.6 Å². The van der Waals surface area contributed by atoms with E-state index in [9.17, 15) is 13.2 Å². The number of furan rings is 1. The zero-order chi connectivity index (χ0) is 20.7. The van der Waals surface area contributed by atoms with Crippen molar-refractivity contribution in [1.82, 2.24) is 5.32 Å². The summed E-state index contributed by atoms with van der Waals surface area (Å²) in [5, 5.41) is 2.81. The Labute approximate surface area is 174 Å². The van der Waals surface area contributed by atoms with Crippen LogP contribution in [-0.2, 0) is 15.8 Å². The lowest BCUT2D eigenvalue weighted by Crippen LogP contribution is -2.26. The average Bonchev–Trinajstić information content (AvgIpc) is 3.23. The summed E-state index contributed by atoms with van der Waals surface area (Å²) in [6.45, 7) is 2.30. The Morgan fingerprint density at radius 1 is 1.07 bits per heavy atom. The van der Waals surface area contributed by atoms with Gasteiger partial charge in [0.25, 0.3) is 15.9 Å². The van der Waals surface area contributed by atoms with Gasteiger partial charge in [0, 0.05) is 17.9 Å². The van der Waals surface area contributed by atoms with E-state index in [4.69, 9.17) is 4.42 Å². The minimum Gasteiger partial charge on any atom is -0.468 e. The van der Waals surface area contributed by atoms with Crippen LogP contribution in [0.25, 0.3) is 0 Å². The molecule has 6 nitrogen and oxygen atoms in total. The second-order valence-electron chi connectivity index (χ2n) is 6.34. The summed E-state index contributed by atoms with van der Waals surface area (Å²) < 4.78 is 33.2. The van der Waals surface area contributed by atoms with Gasteiger partial charge in [0.15, 0.2) is 0 Å². The number of sulfonamides is 1. The summed E-state index contributed by atoms with van der Waals surface area (Å²) in [7, 11) is -3.79. The smallest absolute Gasteiger partial charge is 0.261 e. The van der Waals surface area contributed by atoms with Crippen molar-refractivity contribution >= 4 is 33.4 Å². The van der Waals surface area contributed by atoms with E-state index < -0.39 is 10.0 Å². The minimum atomic E-state index is -3.79. The molecule has 1 aromatic heterocycles. The lowest BCUT2D eigenvalue weighted by Gasteiger charge is -2.11. The number of thioether (sulfide) groups is 1. The number of rotatable bonds is 9. The molecule has 0 saturated carbocycles. The van der Waals surface area contributed by atoms with Crippen LogP contribution >= 0.6 is 11.8 Å². The van der Waals surface area contributed by atoms with Gasteiger partial charge in [0.1, 0.15) is 5.76 Å². The maximum Gasteiger partial charge on any atom is 0.261 e. The molecule has 2 aromatic carbocycles. The predicted molar refractivity (Wildman–Crippen MR) is 116 cm³/mol. The highest BCUT2D eigenvalue weighted by Gasteiger charge is 2.17. The van der Waals surface area contributed by atoms with Crippen LogP contribution in [-0.4, -0.2) is 26.6 Å². The Morgan fingerprint density at radius 3 is 2.66 bits per heavy atom. The maximum absolute atomic E-state index is 12.7. The number of carbonyl (C=O) groups is 1. The van der Waals surface area contributed by atoms with Crippen LogP contribution in [0.4, 0.5) is 5.69 Å². The number of hydrogen-bond donors (Lipinski definition) is 2. The first-order valence-corrected chi connectivity index (χ1v) is 11.7. The summed E-state index contributed by atoms with van der Waals surface area (Å²) in [4.78, 5) is 12.4. The average molecular weight is 431 g/mol. The first-order chi connectivity index (χ1) is 14.0. The van der Waals surface area contributed by atoms with Gasteiger partial charge in [-0.05, 0) is 48.9 Å². The first kappa shape index (κ1) is 21.0. The van der Waals surface area contributed by atoms with Crippen LogP contribution in [0.2, 0.25) is 0 Å². The lowest BCUT2D eigenvalue weighted by atomic mass is 10.2. The van der Waals surface area contributed by atoms with Gasteiger partial charge in [-0.2, -0.15) is 11.8 Å². The minimum absolute atomic E-state index is 0.0422. The Bertz CT molecular complexity index is 1060. The monoisotopic (exact) mass is 430 g/mol. The van der Waals surface area contributed by atoms with Crippen LogP contribution < -0.4 is 10.0 Å². The van der Waals surface area contributed by atoms with E-state index in [2.05, 4.69) is 10.0 Å². The predicted octanol–water partition coefficient (Wildman–Crippen LogP) is 4.05. The number of anilines is 1. The van der Waals surface area contributed by atoms with Crippen LogP contribution in [0.3, 0.4) is 0 Å². The normalized spacial score (nSPS) is 11.2. The second kappa shape index (κ2) is 9.67. The Kier molecular flexibility index (Phi) is 7.00. The molecule has 152 valence electrons. The molecule has 8 heteroatoms. The molecule has 0 aliphatic carbocycles. The van der Waals surface area contributed by atoms with Gasteiger partial charge in [-0.15, -0.1) is 0 Å². The highest BCUT2D eigenvalue weighted by molar-refractivity contribution is 7.98. The van der Waals surface area contributed by atoms with Crippen molar-refractivity contribution in [3.63, 3.8) is 0 Å². The molecule has 1 amide bonds. The highest BCUT2D eigenvalue weighted by atomic mass is 32.2. The van der Waals surface area contributed by atoms with E-state index in [0.717, 1.165) is 22.8 Å². The SMILES string of the molecule is Cc1ccccc1NS(=O)(=O)c1cccc(C(=O)NCCSCc2ccco2)c1. The summed E-state index contributed by atoms with van der Waals surface area (Å²) >= 11 is 1.64. The summed E-state index contributed by atoms with van der Waals surface area (Å²) in [5.41, 5.74) is 1.63. The summed E-state index contributed by atoms with van der Waals surface area (Å²) in [5.74, 6) is 2.04. The molecule has 0 radical (unpaired) electrons. The van der Waals surface area contributed by atoms with E-state index in [1.807, 2.05) is 31.2 Å². The highest BCUT2D eigenvalue weighted by Crippen LogP contribution is 2.20. The summed E-state index contributed by atoms with van der Waals surface area (Å²) in [6.07, 6.45) is 1.63. The fraction of sp³-hybridized carbons (Fsp3) is 0.190. The van der Waals surface area contributed by atoms with Gasteiger partial charge < -0.3 is 9.73 Å². The number of amides is 1. The van der Waals surface area contributed by atoms with Gasteiger partial charge in [-0.1, -0.05) is 24.3 Å². The third kappa shape index (κ3) is 5.88. The van der Waals surface area contributed by atoms with Gasteiger partial charge in [-0.25, -0.2) is 8.42 Å². The van der Waals surface area contributed by atoms with Crippen molar-refractivity contribution in [3.8, 4) is 0 Å². The molecule has 3 rings (SSSR count). The van der Waals surface area contributed by atoms with Gasteiger partial charge in [-0.3, -0.25) is 9.52 Å². The van der Waals surface area contributed by atoms with Crippen LogP contribution in [0, 0.1) is 6.92 Å². The molecule has 0 aliphatic rings. The number of carbonyl (C=O) groups excluding carboxylic acids is 1. The Balaban J connectivity index is 1.58. The molecular weight excluding hydrogens is 408 g/mol. The van der Waals surface area contributed by atoms with E-state index >= 15 is 0 Å².